The minimum atomic E-state index is -0.369. The van der Waals surface area contributed by atoms with Crippen molar-refractivity contribution in [1.82, 2.24) is 10.4 Å². The maximum atomic E-state index is 11.5. The molecule has 20 heavy (non-hydrogen) atoms. The Hall–Kier alpha value is -2.37. The van der Waals surface area contributed by atoms with E-state index in [9.17, 15) is 4.79 Å². The molecule has 1 aromatic heterocycles. The van der Waals surface area contributed by atoms with Crippen LogP contribution in [0.1, 0.15) is 10.4 Å². The molecular weight excluding hydrogens is 278 g/mol. The number of carbonyl (C=O) groups is 1. The van der Waals surface area contributed by atoms with Crippen molar-refractivity contribution < 1.29 is 9.21 Å². The van der Waals surface area contributed by atoms with Gasteiger partial charge >= 0.3 is 0 Å². The lowest BCUT2D eigenvalue weighted by atomic mass is 10.1. The van der Waals surface area contributed by atoms with Crippen molar-refractivity contribution in [3.05, 3.63) is 53.1 Å². The molecular formula is C14H10ClN3O2. The molecule has 1 heterocycles. The SMILES string of the molecule is NNC(=O)c1cccc(-c2nc3cc(Cl)ccc3o2)c1. The topological polar surface area (TPSA) is 81.1 Å². The maximum Gasteiger partial charge on any atom is 0.265 e. The van der Waals surface area contributed by atoms with Crippen LogP contribution in [0.4, 0.5) is 0 Å². The number of nitrogens with zero attached hydrogens (tertiary/aromatic N) is 1. The predicted molar refractivity (Wildman–Crippen MR) is 76.1 cm³/mol. The zero-order chi connectivity index (χ0) is 14.1. The van der Waals surface area contributed by atoms with Crippen molar-refractivity contribution in [3.8, 4) is 11.5 Å². The second-order valence-electron chi connectivity index (χ2n) is 4.19. The van der Waals surface area contributed by atoms with E-state index in [2.05, 4.69) is 10.4 Å². The molecule has 0 aliphatic rings. The van der Waals surface area contributed by atoms with Gasteiger partial charge in [0.25, 0.3) is 5.91 Å². The number of hydrazine groups is 1. The van der Waals surface area contributed by atoms with Gasteiger partial charge in [0.2, 0.25) is 5.89 Å². The number of nitrogen functional groups attached to an aromatic ring is 1. The number of benzene rings is 2. The molecule has 0 aliphatic heterocycles. The van der Waals surface area contributed by atoms with Gasteiger partial charge in [-0.3, -0.25) is 10.2 Å². The molecule has 0 spiro atoms. The summed E-state index contributed by atoms with van der Waals surface area (Å²) in [6.07, 6.45) is 0. The summed E-state index contributed by atoms with van der Waals surface area (Å²) in [6, 6.07) is 12.1. The summed E-state index contributed by atoms with van der Waals surface area (Å²) in [5, 5.41) is 0.591. The average molecular weight is 288 g/mol. The molecule has 100 valence electrons. The monoisotopic (exact) mass is 287 g/mol. The lowest BCUT2D eigenvalue weighted by molar-refractivity contribution is 0.0953. The van der Waals surface area contributed by atoms with Crippen molar-refractivity contribution >= 4 is 28.6 Å². The molecule has 0 saturated carbocycles. The Morgan fingerprint density at radius 3 is 2.90 bits per heavy atom. The third kappa shape index (κ3) is 2.24. The Kier molecular flexibility index (Phi) is 3.14. The highest BCUT2D eigenvalue weighted by Gasteiger charge is 2.11. The molecule has 0 fully saturated rings. The first-order chi connectivity index (χ1) is 9.67. The number of amides is 1. The molecule has 0 saturated heterocycles. The Morgan fingerprint density at radius 1 is 1.25 bits per heavy atom. The quantitative estimate of drug-likeness (QED) is 0.431. The Morgan fingerprint density at radius 2 is 2.10 bits per heavy atom. The first kappa shape index (κ1) is 12.7. The van der Waals surface area contributed by atoms with E-state index in [1.54, 1.807) is 42.5 Å². The van der Waals surface area contributed by atoms with Gasteiger partial charge in [-0.05, 0) is 36.4 Å². The zero-order valence-electron chi connectivity index (χ0n) is 10.3. The summed E-state index contributed by atoms with van der Waals surface area (Å²) >= 11 is 5.91. The number of nitrogens with two attached hydrogens (primary N) is 1. The second-order valence-corrected chi connectivity index (χ2v) is 4.62. The highest BCUT2D eigenvalue weighted by Crippen LogP contribution is 2.26. The molecule has 3 N–H and O–H groups in total. The van der Waals surface area contributed by atoms with Crippen LogP contribution in [0.25, 0.3) is 22.6 Å². The van der Waals surface area contributed by atoms with Crippen LogP contribution >= 0.6 is 11.6 Å². The predicted octanol–water partition coefficient (Wildman–Crippen LogP) is 2.75. The Labute approximate surface area is 119 Å². The van der Waals surface area contributed by atoms with Crippen LogP contribution in [0.3, 0.4) is 0 Å². The van der Waals surface area contributed by atoms with Crippen molar-refractivity contribution in [3.63, 3.8) is 0 Å². The van der Waals surface area contributed by atoms with Gasteiger partial charge in [-0.1, -0.05) is 17.7 Å². The highest BCUT2D eigenvalue weighted by molar-refractivity contribution is 6.31. The van der Waals surface area contributed by atoms with Gasteiger partial charge < -0.3 is 4.42 Å². The molecule has 2 aromatic carbocycles. The van der Waals surface area contributed by atoms with Crippen molar-refractivity contribution in [1.29, 1.82) is 0 Å². The van der Waals surface area contributed by atoms with Crippen LogP contribution in [0, 0.1) is 0 Å². The number of fused-ring (bicyclic) bond motifs is 1. The molecule has 0 radical (unpaired) electrons. The average Bonchev–Trinajstić information content (AvgIpc) is 2.89. The normalized spacial score (nSPS) is 10.7. The molecule has 0 atom stereocenters. The van der Waals surface area contributed by atoms with E-state index < -0.39 is 0 Å². The number of halogens is 1. The molecule has 0 unspecified atom stereocenters. The first-order valence-electron chi connectivity index (χ1n) is 5.85. The lowest BCUT2D eigenvalue weighted by Gasteiger charge is -2.00. The van der Waals surface area contributed by atoms with Gasteiger partial charge in [0.1, 0.15) is 5.52 Å². The number of hydrogen-bond donors (Lipinski definition) is 2. The van der Waals surface area contributed by atoms with Gasteiger partial charge in [-0.15, -0.1) is 0 Å². The van der Waals surface area contributed by atoms with E-state index in [0.717, 1.165) is 0 Å². The highest BCUT2D eigenvalue weighted by atomic mass is 35.5. The van der Waals surface area contributed by atoms with E-state index in [0.29, 0.717) is 33.1 Å². The fraction of sp³-hybridized carbons (Fsp3) is 0. The molecule has 5 nitrogen and oxygen atoms in total. The van der Waals surface area contributed by atoms with E-state index in [4.69, 9.17) is 21.9 Å². The minimum absolute atomic E-state index is 0.369. The summed E-state index contributed by atoms with van der Waals surface area (Å²) in [7, 11) is 0. The fourth-order valence-corrected chi connectivity index (χ4v) is 2.07. The van der Waals surface area contributed by atoms with Crippen molar-refractivity contribution in [2.45, 2.75) is 0 Å². The van der Waals surface area contributed by atoms with Crippen LogP contribution in [-0.4, -0.2) is 10.9 Å². The van der Waals surface area contributed by atoms with Crippen LogP contribution in [0.5, 0.6) is 0 Å². The number of oxazole rings is 1. The van der Waals surface area contributed by atoms with Gasteiger partial charge in [0.15, 0.2) is 5.58 Å². The van der Waals surface area contributed by atoms with Gasteiger partial charge in [-0.2, -0.15) is 0 Å². The first-order valence-corrected chi connectivity index (χ1v) is 6.22. The summed E-state index contributed by atoms with van der Waals surface area (Å²) < 4.78 is 5.64. The number of rotatable bonds is 2. The van der Waals surface area contributed by atoms with Crippen LogP contribution in [-0.2, 0) is 0 Å². The molecule has 6 heteroatoms. The Bertz CT molecular complexity index is 798. The van der Waals surface area contributed by atoms with E-state index in [1.165, 1.54) is 0 Å². The van der Waals surface area contributed by atoms with Crippen LogP contribution in [0.15, 0.2) is 46.9 Å². The summed E-state index contributed by atoms with van der Waals surface area (Å²) in [5.74, 6) is 5.17. The second kappa shape index (κ2) is 4.96. The molecule has 0 bridgehead atoms. The maximum absolute atomic E-state index is 11.5. The molecule has 3 rings (SSSR count). The third-order valence-electron chi connectivity index (χ3n) is 2.85. The number of aromatic nitrogens is 1. The summed E-state index contributed by atoms with van der Waals surface area (Å²) in [5.41, 5.74) is 4.52. The van der Waals surface area contributed by atoms with Gasteiger partial charge in [-0.25, -0.2) is 10.8 Å². The summed E-state index contributed by atoms with van der Waals surface area (Å²) in [4.78, 5) is 15.9. The summed E-state index contributed by atoms with van der Waals surface area (Å²) in [6.45, 7) is 0. The smallest absolute Gasteiger partial charge is 0.265 e. The molecule has 0 aliphatic carbocycles. The van der Waals surface area contributed by atoms with Crippen molar-refractivity contribution in [2.75, 3.05) is 0 Å². The number of carbonyl (C=O) groups excluding carboxylic acids is 1. The fourth-order valence-electron chi connectivity index (χ4n) is 1.90. The van der Waals surface area contributed by atoms with E-state index in [1.807, 2.05) is 0 Å². The lowest BCUT2D eigenvalue weighted by Crippen LogP contribution is -2.29. The van der Waals surface area contributed by atoms with Crippen LogP contribution < -0.4 is 11.3 Å². The van der Waals surface area contributed by atoms with Gasteiger partial charge in [0, 0.05) is 16.1 Å². The molecule has 3 aromatic rings. The minimum Gasteiger partial charge on any atom is -0.436 e. The largest absolute Gasteiger partial charge is 0.436 e. The van der Waals surface area contributed by atoms with Crippen LogP contribution in [0.2, 0.25) is 5.02 Å². The standard InChI is InChI=1S/C14H10ClN3O2/c15-10-4-5-12-11(7-10)17-14(20-12)9-3-1-2-8(6-9)13(19)18-16/h1-7H,16H2,(H,18,19). The third-order valence-corrected chi connectivity index (χ3v) is 3.09. The number of nitrogens with one attached hydrogen (secondary N) is 1. The van der Waals surface area contributed by atoms with Gasteiger partial charge in [0.05, 0.1) is 0 Å². The van der Waals surface area contributed by atoms with E-state index in [-0.39, 0.29) is 5.91 Å². The Balaban J connectivity index is 2.08. The van der Waals surface area contributed by atoms with Crippen molar-refractivity contribution in [2.24, 2.45) is 5.84 Å². The molecule has 1 amide bonds. The number of hydrogen-bond acceptors (Lipinski definition) is 4. The zero-order valence-corrected chi connectivity index (χ0v) is 11.0. The van der Waals surface area contributed by atoms with E-state index >= 15 is 0 Å².